The molecule has 1 amide bonds. The number of aryl methyl sites for hydroxylation is 1. The van der Waals surface area contributed by atoms with Crippen molar-refractivity contribution in [3.63, 3.8) is 0 Å². The minimum atomic E-state index is -0.611. The highest BCUT2D eigenvalue weighted by Gasteiger charge is 2.09. The Balaban J connectivity index is 1.66. The molecule has 9 nitrogen and oxygen atoms in total. The predicted molar refractivity (Wildman–Crippen MR) is 114 cm³/mol. The van der Waals surface area contributed by atoms with Crippen LogP contribution >= 0.6 is 0 Å². The van der Waals surface area contributed by atoms with Gasteiger partial charge < -0.3 is 24.9 Å². The molecule has 31 heavy (non-hydrogen) atoms. The fraction of sp³-hybridized carbons (Fsp3) is 0.182. The van der Waals surface area contributed by atoms with Crippen molar-refractivity contribution in [3.8, 4) is 11.5 Å². The number of esters is 1. The van der Waals surface area contributed by atoms with Gasteiger partial charge in [-0.15, -0.1) is 0 Å². The van der Waals surface area contributed by atoms with Gasteiger partial charge in [-0.05, 0) is 42.3 Å². The highest BCUT2D eigenvalue weighted by Crippen LogP contribution is 2.28. The van der Waals surface area contributed by atoms with E-state index in [1.165, 1.54) is 19.3 Å². The van der Waals surface area contributed by atoms with E-state index >= 15 is 0 Å². The van der Waals surface area contributed by atoms with E-state index in [0.717, 1.165) is 5.56 Å². The lowest BCUT2D eigenvalue weighted by atomic mass is 10.1. The van der Waals surface area contributed by atoms with E-state index in [2.05, 4.69) is 9.97 Å². The molecule has 0 unspecified atom stereocenters. The quantitative estimate of drug-likeness (QED) is 0.417. The molecule has 0 atom stereocenters. The summed E-state index contributed by atoms with van der Waals surface area (Å²) in [6, 6.07) is 10.2. The molecule has 9 heteroatoms. The standard InChI is InChI=1S/C22H21N3O6/c1-13-4-3-5-15-21(13)24-19(25-22(15)28)12-31-20(27)9-7-14-6-8-16(17(10-14)29-2)30-11-18(23)26/h3-10H,11-12H2,1-2H3,(H2,23,26)(H,24,25,28). The summed E-state index contributed by atoms with van der Waals surface area (Å²) in [5, 5.41) is 0.479. The van der Waals surface area contributed by atoms with Gasteiger partial charge in [0, 0.05) is 6.08 Å². The van der Waals surface area contributed by atoms with Gasteiger partial charge in [0.25, 0.3) is 11.5 Å². The summed E-state index contributed by atoms with van der Waals surface area (Å²) in [7, 11) is 1.45. The molecular weight excluding hydrogens is 402 g/mol. The highest BCUT2D eigenvalue weighted by molar-refractivity contribution is 5.87. The first-order chi connectivity index (χ1) is 14.9. The van der Waals surface area contributed by atoms with Crippen molar-refractivity contribution in [2.75, 3.05) is 13.7 Å². The fourth-order valence-corrected chi connectivity index (χ4v) is 2.83. The molecule has 1 heterocycles. The summed E-state index contributed by atoms with van der Waals surface area (Å²) in [6.07, 6.45) is 2.77. The molecule has 160 valence electrons. The summed E-state index contributed by atoms with van der Waals surface area (Å²) < 4.78 is 15.6. The molecule has 3 aromatic rings. The third-order valence-electron chi connectivity index (χ3n) is 4.31. The van der Waals surface area contributed by atoms with E-state index in [1.54, 1.807) is 30.3 Å². The molecule has 3 rings (SSSR count). The van der Waals surface area contributed by atoms with Crippen molar-refractivity contribution in [1.29, 1.82) is 0 Å². The molecule has 0 saturated carbocycles. The molecule has 0 radical (unpaired) electrons. The van der Waals surface area contributed by atoms with E-state index in [-0.39, 0.29) is 24.6 Å². The van der Waals surface area contributed by atoms with Crippen molar-refractivity contribution >= 4 is 28.9 Å². The number of H-pyrrole nitrogens is 1. The lowest BCUT2D eigenvalue weighted by Crippen LogP contribution is -2.20. The summed E-state index contributed by atoms with van der Waals surface area (Å²) in [5.74, 6) is -0.231. The minimum absolute atomic E-state index is 0.175. The van der Waals surface area contributed by atoms with Crippen LogP contribution in [0.4, 0.5) is 0 Å². The minimum Gasteiger partial charge on any atom is -0.493 e. The first-order valence-corrected chi connectivity index (χ1v) is 9.30. The number of fused-ring (bicyclic) bond motifs is 1. The predicted octanol–water partition coefficient (Wildman–Crippen LogP) is 1.86. The van der Waals surface area contributed by atoms with Crippen LogP contribution in [0.2, 0.25) is 0 Å². The second-order valence-electron chi connectivity index (χ2n) is 6.59. The molecule has 0 spiro atoms. The zero-order valence-corrected chi connectivity index (χ0v) is 17.0. The number of rotatable bonds is 8. The van der Waals surface area contributed by atoms with Crippen molar-refractivity contribution in [2.24, 2.45) is 5.73 Å². The third kappa shape index (κ3) is 5.47. The van der Waals surface area contributed by atoms with Gasteiger partial charge in [0.15, 0.2) is 18.1 Å². The van der Waals surface area contributed by atoms with Gasteiger partial charge in [0.1, 0.15) is 12.4 Å². The largest absolute Gasteiger partial charge is 0.493 e. The first-order valence-electron chi connectivity index (χ1n) is 9.30. The first kappa shape index (κ1) is 21.6. The number of ether oxygens (including phenoxy) is 3. The Morgan fingerprint density at radius 3 is 2.74 bits per heavy atom. The normalized spacial score (nSPS) is 10.9. The monoisotopic (exact) mass is 423 g/mol. The average Bonchev–Trinajstić information content (AvgIpc) is 2.75. The van der Waals surface area contributed by atoms with Crippen LogP contribution in [0.3, 0.4) is 0 Å². The van der Waals surface area contributed by atoms with Gasteiger partial charge >= 0.3 is 5.97 Å². The second kappa shape index (κ2) is 9.57. The lowest BCUT2D eigenvalue weighted by molar-refractivity contribution is -0.139. The Kier molecular flexibility index (Phi) is 6.66. The molecular formula is C22H21N3O6. The van der Waals surface area contributed by atoms with Crippen molar-refractivity contribution < 1.29 is 23.8 Å². The maximum atomic E-state index is 12.2. The number of carbonyl (C=O) groups excluding carboxylic acids is 2. The van der Waals surface area contributed by atoms with Gasteiger partial charge in [-0.2, -0.15) is 0 Å². The van der Waals surface area contributed by atoms with Gasteiger partial charge in [0.2, 0.25) is 0 Å². The van der Waals surface area contributed by atoms with E-state index < -0.39 is 11.9 Å². The highest BCUT2D eigenvalue weighted by atomic mass is 16.5. The third-order valence-corrected chi connectivity index (χ3v) is 4.31. The topological polar surface area (TPSA) is 134 Å². The Morgan fingerprint density at radius 1 is 1.19 bits per heavy atom. The number of nitrogens with two attached hydrogens (primary N) is 1. The molecule has 0 fully saturated rings. The van der Waals surface area contributed by atoms with Crippen LogP contribution in [0, 0.1) is 6.92 Å². The van der Waals surface area contributed by atoms with Crippen LogP contribution in [0.5, 0.6) is 11.5 Å². The summed E-state index contributed by atoms with van der Waals surface area (Å²) in [4.78, 5) is 42.1. The van der Waals surface area contributed by atoms with Crippen molar-refractivity contribution in [1.82, 2.24) is 9.97 Å². The van der Waals surface area contributed by atoms with Crippen LogP contribution in [0.1, 0.15) is 17.0 Å². The maximum absolute atomic E-state index is 12.2. The van der Waals surface area contributed by atoms with Crippen molar-refractivity contribution in [3.05, 3.63) is 69.8 Å². The molecule has 3 N–H and O–H groups in total. The zero-order valence-electron chi connectivity index (χ0n) is 17.0. The van der Waals surface area contributed by atoms with E-state index in [4.69, 9.17) is 19.9 Å². The number of aromatic amines is 1. The number of hydrogen-bond donors (Lipinski definition) is 2. The molecule has 1 aromatic heterocycles. The second-order valence-corrected chi connectivity index (χ2v) is 6.59. The number of amides is 1. The van der Waals surface area contributed by atoms with Gasteiger partial charge in [0.05, 0.1) is 18.0 Å². The number of hydrogen-bond acceptors (Lipinski definition) is 7. The van der Waals surface area contributed by atoms with Crippen molar-refractivity contribution in [2.45, 2.75) is 13.5 Å². The van der Waals surface area contributed by atoms with Crippen LogP contribution in [-0.2, 0) is 20.9 Å². The molecule has 0 aliphatic carbocycles. The number of carbonyl (C=O) groups is 2. The average molecular weight is 423 g/mol. The lowest BCUT2D eigenvalue weighted by Gasteiger charge is -2.10. The fourth-order valence-electron chi connectivity index (χ4n) is 2.83. The van der Waals surface area contributed by atoms with Gasteiger partial charge in [-0.3, -0.25) is 9.59 Å². The number of methoxy groups -OCH3 is 1. The number of benzene rings is 2. The molecule has 0 aliphatic heterocycles. The number of nitrogens with one attached hydrogen (secondary N) is 1. The van der Waals surface area contributed by atoms with E-state index in [1.807, 2.05) is 13.0 Å². The molecule has 0 saturated heterocycles. The molecule has 0 aliphatic rings. The number of aromatic nitrogens is 2. The number of para-hydroxylation sites is 1. The summed E-state index contributed by atoms with van der Waals surface area (Å²) in [5.41, 5.74) is 6.84. The van der Waals surface area contributed by atoms with Crippen LogP contribution < -0.4 is 20.8 Å². The Labute approximate surface area is 177 Å². The van der Waals surface area contributed by atoms with E-state index in [9.17, 15) is 14.4 Å². The van der Waals surface area contributed by atoms with Crippen LogP contribution in [0.15, 0.2) is 47.3 Å². The zero-order chi connectivity index (χ0) is 22.4. The Bertz CT molecular complexity index is 1220. The number of nitrogens with zero attached hydrogens (tertiary/aromatic N) is 1. The maximum Gasteiger partial charge on any atom is 0.331 e. The van der Waals surface area contributed by atoms with Crippen LogP contribution in [0.25, 0.3) is 17.0 Å². The summed E-state index contributed by atoms with van der Waals surface area (Å²) in [6.45, 7) is 1.40. The van der Waals surface area contributed by atoms with E-state index in [0.29, 0.717) is 28.0 Å². The number of primary amides is 1. The smallest absolute Gasteiger partial charge is 0.331 e. The Morgan fingerprint density at radius 2 is 2.00 bits per heavy atom. The van der Waals surface area contributed by atoms with Gasteiger partial charge in [-0.1, -0.05) is 18.2 Å². The Hall–Kier alpha value is -4.14. The van der Waals surface area contributed by atoms with Crippen LogP contribution in [-0.4, -0.2) is 35.6 Å². The summed E-state index contributed by atoms with van der Waals surface area (Å²) >= 11 is 0. The molecule has 2 aromatic carbocycles. The molecule has 0 bridgehead atoms. The van der Waals surface area contributed by atoms with Gasteiger partial charge in [-0.25, -0.2) is 9.78 Å². The SMILES string of the molecule is COc1cc(C=CC(=O)OCc2nc3c(C)cccc3c(=O)[nH]2)ccc1OCC(N)=O.